The molecule has 0 spiro atoms. The van der Waals surface area contributed by atoms with E-state index >= 15 is 0 Å². The van der Waals surface area contributed by atoms with Gasteiger partial charge in [-0.05, 0) is 30.0 Å². The van der Waals surface area contributed by atoms with Crippen molar-refractivity contribution in [3.05, 3.63) is 29.3 Å². The third-order valence-electron chi connectivity index (χ3n) is 3.36. The highest BCUT2D eigenvalue weighted by atomic mass is 32.2. The van der Waals surface area contributed by atoms with Crippen LogP contribution in [0.25, 0.3) is 10.2 Å². The normalized spacial score (nSPS) is 21.6. The van der Waals surface area contributed by atoms with Crippen molar-refractivity contribution in [2.45, 2.75) is 18.2 Å². The zero-order valence-electron chi connectivity index (χ0n) is 11.0. The summed E-state index contributed by atoms with van der Waals surface area (Å²) in [5.74, 6) is 3.90. The topological polar surface area (TPSA) is 24.9 Å². The minimum atomic E-state index is 0.381. The maximum atomic E-state index is 4.52. The number of aromatic nitrogens is 1. The maximum absolute atomic E-state index is 4.52. The van der Waals surface area contributed by atoms with Gasteiger partial charge in [0.05, 0.1) is 10.2 Å². The molecule has 19 heavy (non-hydrogen) atoms. The van der Waals surface area contributed by atoms with Crippen LogP contribution >= 0.6 is 34.9 Å². The van der Waals surface area contributed by atoms with E-state index in [4.69, 9.17) is 0 Å². The summed E-state index contributed by atoms with van der Waals surface area (Å²) in [7, 11) is 0. The number of pyridine rings is 1. The number of fused-ring (bicyclic) bond motifs is 1. The first-order valence-corrected chi connectivity index (χ1v) is 9.67. The fraction of sp³-hybridized carbons (Fsp3) is 0.500. The Balaban J connectivity index is 1.60. The predicted molar refractivity (Wildman–Crippen MR) is 89.6 cm³/mol. The molecule has 5 heteroatoms. The van der Waals surface area contributed by atoms with Crippen LogP contribution in [0.5, 0.6) is 0 Å². The fourth-order valence-corrected chi connectivity index (χ4v) is 5.59. The Labute approximate surface area is 126 Å². The highest BCUT2D eigenvalue weighted by Gasteiger charge is 2.15. The molecule has 1 saturated heterocycles. The summed E-state index contributed by atoms with van der Waals surface area (Å²) < 4.78 is 1.29. The lowest BCUT2D eigenvalue weighted by Gasteiger charge is -2.23. The minimum absolute atomic E-state index is 0.381. The van der Waals surface area contributed by atoms with Crippen LogP contribution in [0.15, 0.2) is 23.7 Å². The van der Waals surface area contributed by atoms with Crippen LogP contribution in [0.3, 0.4) is 0 Å². The molecule has 0 saturated carbocycles. The lowest BCUT2D eigenvalue weighted by molar-refractivity contribution is 0.576. The van der Waals surface area contributed by atoms with E-state index in [1.165, 1.54) is 27.5 Å². The lowest BCUT2D eigenvalue weighted by Crippen LogP contribution is -2.30. The quantitative estimate of drug-likeness (QED) is 0.928. The van der Waals surface area contributed by atoms with Gasteiger partial charge in [0.2, 0.25) is 0 Å². The van der Waals surface area contributed by atoms with Crippen molar-refractivity contribution in [3.8, 4) is 0 Å². The number of nitrogens with one attached hydrogen (secondary N) is 1. The Morgan fingerprint density at radius 3 is 3.26 bits per heavy atom. The Bertz CT molecular complexity index is 534. The molecule has 0 aromatic carbocycles. The molecular formula is C14H18N2S3. The van der Waals surface area contributed by atoms with Crippen LogP contribution < -0.4 is 5.32 Å². The molecule has 3 rings (SSSR count). The second-order valence-electron chi connectivity index (χ2n) is 4.77. The summed E-state index contributed by atoms with van der Waals surface area (Å²) in [6.45, 7) is 3.33. The second kappa shape index (κ2) is 6.48. The molecule has 0 radical (unpaired) electrons. The highest BCUT2D eigenvalue weighted by molar-refractivity contribution is 8.06. The van der Waals surface area contributed by atoms with Crippen molar-refractivity contribution in [3.63, 3.8) is 0 Å². The van der Waals surface area contributed by atoms with E-state index in [0.717, 1.165) is 17.3 Å². The first-order chi connectivity index (χ1) is 9.33. The van der Waals surface area contributed by atoms with Gasteiger partial charge in [0.15, 0.2) is 0 Å². The Morgan fingerprint density at radius 2 is 2.42 bits per heavy atom. The number of hydrogen-bond donors (Lipinski definition) is 1. The standard InChI is InChI=1S/C14H18N2S3/c1-10(15-8-12-9-17-4-5-18-12)11-6-14-13(16-7-11)2-3-19-14/h2-3,6-7,10,12,15H,4-5,8-9H2,1H3. The van der Waals surface area contributed by atoms with Gasteiger partial charge in [-0.3, -0.25) is 4.98 Å². The van der Waals surface area contributed by atoms with Gasteiger partial charge < -0.3 is 5.32 Å². The third-order valence-corrected chi connectivity index (χ3v) is 7.06. The molecule has 1 fully saturated rings. The average Bonchev–Trinajstić information content (AvgIpc) is 2.93. The molecule has 1 N–H and O–H groups in total. The third kappa shape index (κ3) is 3.45. The van der Waals surface area contributed by atoms with E-state index in [2.05, 4.69) is 58.3 Å². The van der Waals surface area contributed by atoms with Crippen molar-refractivity contribution in [1.82, 2.24) is 10.3 Å². The second-order valence-corrected chi connectivity index (χ2v) is 8.28. The fourth-order valence-electron chi connectivity index (χ4n) is 2.18. The summed E-state index contributed by atoms with van der Waals surface area (Å²) in [5.41, 5.74) is 2.41. The van der Waals surface area contributed by atoms with E-state index in [1.54, 1.807) is 11.3 Å². The zero-order chi connectivity index (χ0) is 13.1. The van der Waals surface area contributed by atoms with E-state index in [1.807, 2.05) is 6.20 Å². The molecule has 102 valence electrons. The monoisotopic (exact) mass is 310 g/mol. The van der Waals surface area contributed by atoms with Crippen molar-refractivity contribution in [2.24, 2.45) is 0 Å². The molecule has 1 aliphatic heterocycles. The summed E-state index contributed by atoms with van der Waals surface area (Å²) >= 11 is 5.96. The number of thioether (sulfide) groups is 2. The molecule has 2 aromatic heterocycles. The SMILES string of the molecule is CC(NCC1CSCCS1)c1cnc2ccsc2c1. The van der Waals surface area contributed by atoms with E-state index in [0.29, 0.717) is 6.04 Å². The summed E-state index contributed by atoms with van der Waals surface area (Å²) in [6, 6.07) is 4.73. The number of rotatable bonds is 4. The van der Waals surface area contributed by atoms with Gasteiger partial charge in [-0.15, -0.1) is 11.3 Å². The largest absolute Gasteiger partial charge is 0.309 e. The van der Waals surface area contributed by atoms with Crippen molar-refractivity contribution >= 4 is 45.1 Å². The summed E-state index contributed by atoms with van der Waals surface area (Å²) in [5, 5.41) is 6.53. The predicted octanol–water partition coefficient (Wildman–Crippen LogP) is 3.80. The molecule has 2 atom stereocenters. The molecule has 2 nitrogen and oxygen atoms in total. The minimum Gasteiger partial charge on any atom is -0.309 e. The maximum Gasteiger partial charge on any atom is 0.0809 e. The van der Waals surface area contributed by atoms with Gasteiger partial charge in [0.1, 0.15) is 0 Å². The van der Waals surface area contributed by atoms with Crippen molar-refractivity contribution in [1.29, 1.82) is 0 Å². The van der Waals surface area contributed by atoms with Crippen LogP contribution in [0.2, 0.25) is 0 Å². The van der Waals surface area contributed by atoms with Crippen molar-refractivity contribution in [2.75, 3.05) is 23.8 Å². The Morgan fingerprint density at radius 1 is 1.47 bits per heavy atom. The van der Waals surface area contributed by atoms with E-state index in [-0.39, 0.29) is 0 Å². The van der Waals surface area contributed by atoms with E-state index in [9.17, 15) is 0 Å². The van der Waals surface area contributed by atoms with Gasteiger partial charge in [-0.2, -0.15) is 23.5 Å². The van der Waals surface area contributed by atoms with Crippen LogP contribution in [0, 0.1) is 0 Å². The summed E-state index contributed by atoms with van der Waals surface area (Å²) in [6.07, 6.45) is 2.01. The van der Waals surface area contributed by atoms with Gasteiger partial charge in [-0.1, -0.05) is 0 Å². The van der Waals surface area contributed by atoms with Gasteiger partial charge in [-0.25, -0.2) is 0 Å². The lowest BCUT2D eigenvalue weighted by atomic mass is 10.1. The molecular weight excluding hydrogens is 292 g/mol. The van der Waals surface area contributed by atoms with Gasteiger partial charge in [0.25, 0.3) is 0 Å². The number of hydrogen-bond acceptors (Lipinski definition) is 5. The van der Waals surface area contributed by atoms with E-state index < -0.39 is 0 Å². The zero-order valence-corrected chi connectivity index (χ0v) is 13.4. The average molecular weight is 311 g/mol. The first-order valence-electron chi connectivity index (χ1n) is 6.59. The van der Waals surface area contributed by atoms with Crippen LogP contribution in [-0.2, 0) is 0 Å². The van der Waals surface area contributed by atoms with Crippen LogP contribution in [-0.4, -0.2) is 34.0 Å². The molecule has 0 amide bonds. The summed E-state index contributed by atoms with van der Waals surface area (Å²) in [4.78, 5) is 4.52. The Kier molecular flexibility index (Phi) is 4.69. The number of thiophene rings is 1. The van der Waals surface area contributed by atoms with Crippen molar-refractivity contribution < 1.29 is 0 Å². The molecule has 0 bridgehead atoms. The van der Waals surface area contributed by atoms with Gasteiger partial charge >= 0.3 is 0 Å². The van der Waals surface area contributed by atoms with Gasteiger partial charge in [0, 0.05) is 41.3 Å². The molecule has 3 heterocycles. The molecule has 0 aliphatic carbocycles. The van der Waals surface area contributed by atoms with Crippen LogP contribution in [0.1, 0.15) is 18.5 Å². The molecule has 2 unspecified atom stereocenters. The Hall–Kier alpha value is -0.230. The number of nitrogens with zero attached hydrogens (tertiary/aromatic N) is 1. The molecule has 2 aromatic rings. The first kappa shape index (κ1) is 13.7. The van der Waals surface area contributed by atoms with Crippen LogP contribution in [0.4, 0.5) is 0 Å². The highest BCUT2D eigenvalue weighted by Crippen LogP contribution is 2.25. The smallest absolute Gasteiger partial charge is 0.0809 e. The molecule has 1 aliphatic rings.